The van der Waals surface area contributed by atoms with Crippen LogP contribution in [0.5, 0.6) is 0 Å². The van der Waals surface area contributed by atoms with Gasteiger partial charge in [0.05, 0.1) is 12.2 Å². The van der Waals surface area contributed by atoms with Gasteiger partial charge in [-0.1, -0.05) is 12.1 Å². The number of carbonyl (C=O) groups is 2. The van der Waals surface area contributed by atoms with E-state index >= 15 is 0 Å². The van der Waals surface area contributed by atoms with Gasteiger partial charge in [-0.25, -0.2) is 0 Å². The van der Waals surface area contributed by atoms with E-state index < -0.39 is 0 Å². The first-order chi connectivity index (χ1) is 13.5. The van der Waals surface area contributed by atoms with Gasteiger partial charge >= 0.3 is 0 Å². The van der Waals surface area contributed by atoms with Crippen molar-refractivity contribution in [2.75, 3.05) is 52.1 Å². The molecule has 28 heavy (non-hydrogen) atoms. The Morgan fingerprint density at radius 3 is 2.46 bits per heavy atom. The van der Waals surface area contributed by atoms with Gasteiger partial charge in [0.25, 0.3) is 5.91 Å². The van der Waals surface area contributed by atoms with E-state index in [1.54, 1.807) is 38.4 Å². The summed E-state index contributed by atoms with van der Waals surface area (Å²) in [5, 5.41) is 2.90. The number of amides is 2. The number of nitrogens with zero attached hydrogens (tertiary/aromatic N) is 4. The summed E-state index contributed by atoms with van der Waals surface area (Å²) in [6.07, 6.45) is 1.82. The van der Waals surface area contributed by atoms with Crippen molar-refractivity contribution in [3.63, 3.8) is 0 Å². The molecule has 148 valence electrons. The van der Waals surface area contributed by atoms with Gasteiger partial charge in [-0.2, -0.15) is 0 Å². The summed E-state index contributed by atoms with van der Waals surface area (Å²) >= 11 is 0. The van der Waals surface area contributed by atoms with Crippen molar-refractivity contribution in [1.29, 1.82) is 0 Å². The molecule has 2 aromatic rings. The number of anilines is 1. The van der Waals surface area contributed by atoms with Crippen molar-refractivity contribution in [2.24, 2.45) is 0 Å². The molecule has 1 saturated heterocycles. The van der Waals surface area contributed by atoms with Gasteiger partial charge in [0.1, 0.15) is 0 Å². The van der Waals surface area contributed by atoms with Crippen LogP contribution in [0.1, 0.15) is 16.1 Å². The Morgan fingerprint density at radius 2 is 1.79 bits per heavy atom. The summed E-state index contributed by atoms with van der Waals surface area (Å²) in [4.78, 5) is 34.8. The number of piperazine rings is 1. The number of hydrogen-bond acceptors (Lipinski definition) is 5. The first-order valence-corrected chi connectivity index (χ1v) is 9.47. The third-order valence-corrected chi connectivity index (χ3v) is 4.74. The van der Waals surface area contributed by atoms with E-state index in [4.69, 9.17) is 0 Å². The summed E-state index contributed by atoms with van der Waals surface area (Å²) in [5.41, 5.74) is 2.28. The summed E-state index contributed by atoms with van der Waals surface area (Å²) in [6.45, 7) is 4.71. The zero-order valence-electron chi connectivity index (χ0n) is 16.5. The fraction of sp³-hybridized carbons (Fsp3) is 0.381. The molecule has 0 spiro atoms. The second-order valence-electron chi connectivity index (χ2n) is 7.20. The van der Waals surface area contributed by atoms with Crippen LogP contribution in [0.2, 0.25) is 0 Å². The molecule has 0 radical (unpaired) electrons. The topological polar surface area (TPSA) is 68.8 Å². The Hall–Kier alpha value is -2.77. The van der Waals surface area contributed by atoms with Gasteiger partial charge in [-0.3, -0.25) is 24.4 Å². The Balaban J connectivity index is 1.46. The molecule has 0 bridgehead atoms. The minimum absolute atomic E-state index is 0.0624. The molecule has 7 heteroatoms. The fourth-order valence-electron chi connectivity index (χ4n) is 3.22. The molecule has 2 amide bonds. The Kier molecular flexibility index (Phi) is 6.73. The van der Waals surface area contributed by atoms with Crippen molar-refractivity contribution in [1.82, 2.24) is 19.7 Å². The summed E-state index contributed by atoms with van der Waals surface area (Å²) in [7, 11) is 3.42. The van der Waals surface area contributed by atoms with Crippen molar-refractivity contribution < 1.29 is 9.59 Å². The van der Waals surface area contributed by atoms with Crippen LogP contribution in [0.4, 0.5) is 5.69 Å². The second-order valence-corrected chi connectivity index (χ2v) is 7.20. The number of rotatable bonds is 6. The molecule has 0 saturated carbocycles. The lowest BCUT2D eigenvalue weighted by Crippen LogP contribution is -2.48. The van der Waals surface area contributed by atoms with Crippen molar-refractivity contribution in [3.05, 3.63) is 59.9 Å². The maximum Gasteiger partial charge on any atom is 0.253 e. The van der Waals surface area contributed by atoms with Gasteiger partial charge in [0, 0.05) is 64.3 Å². The molecule has 1 aromatic heterocycles. The quantitative estimate of drug-likeness (QED) is 0.822. The van der Waals surface area contributed by atoms with E-state index in [-0.39, 0.29) is 11.8 Å². The van der Waals surface area contributed by atoms with E-state index in [1.807, 2.05) is 24.4 Å². The molecule has 7 nitrogen and oxygen atoms in total. The highest BCUT2D eigenvalue weighted by Crippen LogP contribution is 2.13. The molecule has 1 fully saturated rings. The lowest BCUT2D eigenvalue weighted by molar-refractivity contribution is -0.117. The van der Waals surface area contributed by atoms with E-state index in [0.717, 1.165) is 38.4 Å². The predicted molar refractivity (Wildman–Crippen MR) is 109 cm³/mol. The standard InChI is InChI=1S/C21H27N5O2/c1-24(2)21(28)17-6-5-8-18(14-17)23-20(27)16-26-12-10-25(11-13-26)15-19-7-3-4-9-22-19/h3-9,14H,10-13,15-16H2,1-2H3,(H,23,27). The van der Waals surface area contributed by atoms with E-state index in [1.165, 1.54) is 4.90 Å². The molecule has 1 aromatic carbocycles. The maximum absolute atomic E-state index is 12.4. The number of aromatic nitrogens is 1. The van der Waals surface area contributed by atoms with E-state index in [9.17, 15) is 9.59 Å². The number of carbonyl (C=O) groups excluding carboxylic acids is 2. The summed E-state index contributed by atoms with van der Waals surface area (Å²) in [6, 6.07) is 13.0. The molecule has 0 unspecified atom stereocenters. The highest BCUT2D eigenvalue weighted by molar-refractivity contribution is 5.97. The number of benzene rings is 1. The van der Waals surface area contributed by atoms with Crippen LogP contribution >= 0.6 is 0 Å². The van der Waals surface area contributed by atoms with Crippen LogP contribution in [-0.2, 0) is 11.3 Å². The molecule has 2 heterocycles. The average Bonchev–Trinajstić information content (AvgIpc) is 2.70. The SMILES string of the molecule is CN(C)C(=O)c1cccc(NC(=O)CN2CCN(Cc3ccccn3)CC2)c1. The van der Waals surface area contributed by atoms with Gasteiger partial charge in [-0.05, 0) is 30.3 Å². The highest BCUT2D eigenvalue weighted by Gasteiger charge is 2.19. The molecular weight excluding hydrogens is 354 g/mol. The van der Waals surface area contributed by atoms with E-state index in [2.05, 4.69) is 20.1 Å². The zero-order valence-corrected chi connectivity index (χ0v) is 16.5. The van der Waals surface area contributed by atoms with Crippen molar-refractivity contribution in [3.8, 4) is 0 Å². The van der Waals surface area contributed by atoms with Gasteiger partial charge in [0.2, 0.25) is 5.91 Å². The fourth-order valence-corrected chi connectivity index (χ4v) is 3.22. The summed E-state index contributed by atoms with van der Waals surface area (Å²) in [5.74, 6) is -0.146. The monoisotopic (exact) mass is 381 g/mol. The smallest absolute Gasteiger partial charge is 0.253 e. The molecule has 0 atom stereocenters. The minimum Gasteiger partial charge on any atom is -0.345 e. The molecular formula is C21H27N5O2. The number of hydrogen-bond donors (Lipinski definition) is 1. The predicted octanol–water partition coefficient (Wildman–Crippen LogP) is 1.54. The van der Waals surface area contributed by atoms with Crippen LogP contribution in [0.3, 0.4) is 0 Å². The summed E-state index contributed by atoms with van der Waals surface area (Å²) < 4.78 is 0. The van der Waals surface area contributed by atoms with Gasteiger partial charge in [0.15, 0.2) is 0 Å². The van der Waals surface area contributed by atoms with Crippen LogP contribution in [0.25, 0.3) is 0 Å². The van der Waals surface area contributed by atoms with Gasteiger partial charge in [-0.15, -0.1) is 0 Å². The van der Waals surface area contributed by atoms with Crippen LogP contribution in [0.15, 0.2) is 48.7 Å². The van der Waals surface area contributed by atoms with Crippen LogP contribution in [0, 0.1) is 0 Å². The molecule has 1 aliphatic heterocycles. The minimum atomic E-state index is -0.0832. The average molecular weight is 381 g/mol. The third-order valence-electron chi connectivity index (χ3n) is 4.74. The number of pyridine rings is 1. The third kappa shape index (κ3) is 5.61. The Bertz CT molecular complexity index is 801. The van der Waals surface area contributed by atoms with Gasteiger partial charge < -0.3 is 10.2 Å². The molecule has 1 N–H and O–H groups in total. The highest BCUT2D eigenvalue weighted by atomic mass is 16.2. The van der Waals surface area contributed by atoms with Crippen molar-refractivity contribution in [2.45, 2.75) is 6.54 Å². The molecule has 0 aliphatic carbocycles. The second kappa shape index (κ2) is 9.43. The van der Waals surface area contributed by atoms with Crippen molar-refractivity contribution >= 4 is 17.5 Å². The lowest BCUT2D eigenvalue weighted by atomic mass is 10.2. The lowest BCUT2D eigenvalue weighted by Gasteiger charge is -2.34. The Morgan fingerprint density at radius 1 is 1.04 bits per heavy atom. The van der Waals surface area contributed by atoms with E-state index in [0.29, 0.717) is 17.8 Å². The molecule has 1 aliphatic rings. The zero-order chi connectivity index (χ0) is 19.9. The maximum atomic E-state index is 12.4. The largest absolute Gasteiger partial charge is 0.345 e. The van der Waals surface area contributed by atoms with Crippen LogP contribution in [-0.4, -0.2) is 78.3 Å². The normalized spacial score (nSPS) is 15.2. The molecule has 3 rings (SSSR count). The first kappa shape index (κ1) is 20.0. The number of nitrogens with one attached hydrogen (secondary N) is 1. The first-order valence-electron chi connectivity index (χ1n) is 9.47. The Labute approximate surface area is 166 Å². The van der Waals surface area contributed by atoms with Crippen LogP contribution < -0.4 is 5.32 Å².